The SMILES string of the molecule is C=CC(=O)O.CC(C)OC(=O)OCOP(=O)(CO[C@H](C)Cn1cnc2c(N)ncnc21)OCOC(=O)OC(C)C.Nc1nc(=O)n([C@@H]2CS[C@H](CO)O2)cc1F.O=C=O. The van der Waals surface area contributed by atoms with Crippen LogP contribution in [0.3, 0.4) is 0 Å². The number of aliphatic hydroxyl groups excluding tert-OH is 1. The fourth-order valence-electron chi connectivity index (χ4n) is 3.80. The molecule has 28 heteroatoms. The summed E-state index contributed by atoms with van der Waals surface area (Å²) >= 11 is 1.35. The first-order valence-electron chi connectivity index (χ1n) is 16.6. The van der Waals surface area contributed by atoms with Gasteiger partial charge in [-0.2, -0.15) is 14.6 Å². The number of thioether (sulfide) groups is 1. The number of ether oxygens (including phenoxy) is 6. The van der Waals surface area contributed by atoms with Crippen LogP contribution < -0.4 is 17.2 Å². The smallest absolute Gasteiger partial charge is 0.478 e. The normalized spacial score (nSPS) is 14.9. The molecule has 0 spiro atoms. The van der Waals surface area contributed by atoms with Crippen LogP contribution in [-0.4, -0.2) is 120 Å². The number of nitrogen functional groups attached to an aromatic ring is 2. The topological polar surface area (TPSA) is 347 Å². The number of nitrogens with two attached hydrogens (primary N) is 2. The number of hydrogen-bond donors (Lipinski definition) is 4. The molecule has 59 heavy (non-hydrogen) atoms. The third-order valence-corrected chi connectivity index (χ3v) is 8.79. The lowest BCUT2D eigenvalue weighted by atomic mass is 10.4. The van der Waals surface area contributed by atoms with Crippen molar-refractivity contribution in [1.29, 1.82) is 0 Å². The van der Waals surface area contributed by atoms with Gasteiger partial charge >= 0.3 is 37.7 Å². The molecule has 0 aromatic carbocycles. The number of hydrogen-bond acceptors (Lipinski definition) is 23. The Morgan fingerprint density at radius 2 is 1.63 bits per heavy atom. The van der Waals surface area contributed by atoms with E-state index in [0.717, 1.165) is 16.8 Å². The van der Waals surface area contributed by atoms with Crippen molar-refractivity contribution in [2.24, 2.45) is 0 Å². The third kappa shape index (κ3) is 19.7. The fraction of sp³-hybridized carbons (Fsp3) is 0.516. The van der Waals surface area contributed by atoms with Crippen molar-refractivity contribution in [3.8, 4) is 0 Å². The van der Waals surface area contributed by atoms with Crippen LogP contribution in [0.15, 0.2) is 36.3 Å². The zero-order valence-corrected chi connectivity index (χ0v) is 33.9. The van der Waals surface area contributed by atoms with E-state index in [1.54, 1.807) is 39.2 Å². The molecule has 4 rings (SSSR count). The van der Waals surface area contributed by atoms with Gasteiger partial charge in [-0.3, -0.25) is 18.2 Å². The zero-order valence-electron chi connectivity index (χ0n) is 32.2. The van der Waals surface area contributed by atoms with Crippen molar-refractivity contribution in [1.82, 2.24) is 29.1 Å². The Labute approximate surface area is 338 Å². The van der Waals surface area contributed by atoms with Gasteiger partial charge in [0.1, 0.15) is 29.9 Å². The maximum absolute atomic E-state index is 13.1. The van der Waals surface area contributed by atoms with Crippen LogP contribution in [0.2, 0.25) is 0 Å². The molecule has 1 aliphatic heterocycles. The van der Waals surface area contributed by atoms with Gasteiger partial charge in [0.15, 0.2) is 23.1 Å². The summed E-state index contributed by atoms with van der Waals surface area (Å²) in [6, 6.07) is 0. The van der Waals surface area contributed by atoms with E-state index < -0.39 is 93.1 Å². The largest absolute Gasteiger partial charge is 0.510 e. The maximum Gasteiger partial charge on any atom is 0.510 e. The number of carboxylic acids is 1. The van der Waals surface area contributed by atoms with Crippen LogP contribution in [0.1, 0.15) is 40.8 Å². The Hall–Kier alpha value is -5.53. The summed E-state index contributed by atoms with van der Waals surface area (Å²) in [6.45, 7) is 9.79. The van der Waals surface area contributed by atoms with Crippen molar-refractivity contribution in [3.05, 3.63) is 47.8 Å². The van der Waals surface area contributed by atoms with Crippen molar-refractivity contribution < 1.29 is 80.6 Å². The van der Waals surface area contributed by atoms with Crippen LogP contribution in [0.5, 0.6) is 0 Å². The van der Waals surface area contributed by atoms with Crippen LogP contribution in [0.25, 0.3) is 11.2 Å². The number of aromatic nitrogens is 6. The van der Waals surface area contributed by atoms with Crippen molar-refractivity contribution in [2.75, 3.05) is 43.8 Å². The zero-order chi connectivity index (χ0) is 44.7. The second-order valence-corrected chi connectivity index (χ2v) is 14.7. The third-order valence-electron chi connectivity index (χ3n) is 6.22. The van der Waals surface area contributed by atoms with E-state index in [4.69, 9.17) is 68.7 Å². The van der Waals surface area contributed by atoms with Gasteiger partial charge in [0.2, 0.25) is 13.6 Å². The molecule has 4 heterocycles. The summed E-state index contributed by atoms with van der Waals surface area (Å²) in [5.41, 5.74) is 10.8. The molecule has 0 unspecified atom stereocenters. The number of anilines is 2. The molecule has 3 atom stereocenters. The monoisotopic (exact) mass is 882 g/mol. The highest BCUT2D eigenvalue weighted by Crippen LogP contribution is 2.48. The number of carboxylic acid groups (broad SMARTS) is 1. The molecule has 1 aliphatic rings. The first-order valence-corrected chi connectivity index (χ1v) is 19.4. The second-order valence-electron chi connectivity index (χ2n) is 11.5. The minimum Gasteiger partial charge on any atom is -0.478 e. The molecule has 1 saturated heterocycles. The molecule has 0 radical (unpaired) electrons. The Kier molecular flexibility index (Phi) is 23.1. The van der Waals surface area contributed by atoms with E-state index in [9.17, 15) is 28.1 Å². The highest BCUT2D eigenvalue weighted by atomic mass is 32.2. The number of nitrogens with zero attached hydrogens (tertiary/aromatic N) is 6. The summed E-state index contributed by atoms with van der Waals surface area (Å²) in [6.07, 6.45) is 0.302. The second kappa shape index (κ2) is 26.5. The predicted octanol–water partition coefficient (Wildman–Crippen LogP) is 2.25. The van der Waals surface area contributed by atoms with Crippen molar-refractivity contribution >= 4 is 66.6 Å². The van der Waals surface area contributed by atoms with Gasteiger partial charge in [-0.05, 0) is 34.6 Å². The summed E-state index contributed by atoms with van der Waals surface area (Å²) < 4.78 is 69.1. The van der Waals surface area contributed by atoms with Gasteiger partial charge < -0.3 is 54.7 Å². The van der Waals surface area contributed by atoms with Gasteiger partial charge in [0.25, 0.3) is 0 Å². The first-order chi connectivity index (χ1) is 27.8. The molecule has 6 N–H and O–H groups in total. The number of carbonyl (C=O) groups is 3. The van der Waals surface area contributed by atoms with E-state index in [1.807, 2.05) is 0 Å². The Balaban J connectivity index is 0.000000592. The molecule has 25 nitrogen and oxygen atoms in total. The van der Waals surface area contributed by atoms with Crippen LogP contribution in [-0.2, 0) is 63.0 Å². The van der Waals surface area contributed by atoms with E-state index in [2.05, 4.69) is 26.5 Å². The Morgan fingerprint density at radius 3 is 2.12 bits per heavy atom. The van der Waals surface area contributed by atoms with Crippen molar-refractivity contribution in [3.63, 3.8) is 0 Å². The molecule has 0 bridgehead atoms. The average Bonchev–Trinajstić information content (AvgIpc) is 3.81. The molecule has 328 valence electrons. The number of aliphatic carboxylic acids is 1. The van der Waals surface area contributed by atoms with E-state index >= 15 is 0 Å². The summed E-state index contributed by atoms with van der Waals surface area (Å²) in [5, 5.41) is 16.5. The van der Waals surface area contributed by atoms with E-state index in [0.29, 0.717) is 16.9 Å². The van der Waals surface area contributed by atoms with Crippen LogP contribution in [0.4, 0.5) is 25.6 Å². The number of fused-ring (bicyclic) bond motifs is 1. The molecular weight excluding hydrogens is 838 g/mol. The molecule has 0 saturated carbocycles. The Bertz CT molecular complexity index is 1930. The number of halogens is 1. The van der Waals surface area contributed by atoms with Crippen molar-refractivity contribution in [2.45, 2.75) is 71.1 Å². The maximum atomic E-state index is 13.1. The lowest BCUT2D eigenvalue weighted by Gasteiger charge is -2.21. The van der Waals surface area contributed by atoms with Gasteiger partial charge in [-0.1, -0.05) is 6.58 Å². The first kappa shape index (κ1) is 51.5. The molecule has 0 aliphatic carbocycles. The lowest BCUT2D eigenvalue weighted by Crippen LogP contribution is -2.29. The highest BCUT2D eigenvalue weighted by Gasteiger charge is 2.30. The molecule has 3 aromatic rings. The molecular formula is C31H44FN8O17PS. The molecule has 1 fully saturated rings. The Morgan fingerprint density at radius 1 is 1.07 bits per heavy atom. The summed E-state index contributed by atoms with van der Waals surface area (Å²) in [5.74, 6) is -1.48. The number of aliphatic hydroxyl groups is 1. The summed E-state index contributed by atoms with van der Waals surface area (Å²) in [7, 11) is -4.06. The van der Waals surface area contributed by atoms with Gasteiger partial charge in [0, 0.05) is 11.8 Å². The van der Waals surface area contributed by atoms with Gasteiger partial charge in [-0.25, -0.2) is 38.5 Å². The fourth-order valence-corrected chi connectivity index (χ4v) is 5.82. The minimum atomic E-state index is -4.06. The minimum absolute atomic E-state index is 0.152. The van der Waals surface area contributed by atoms with Gasteiger partial charge in [-0.15, -0.1) is 11.8 Å². The quantitative estimate of drug-likeness (QED) is 0.0693. The van der Waals surface area contributed by atoms with Crippen LogP contribution in [0, 0.1) is 5.82 Å². The van der Waals surface area contributed by atoms with E-state index in [1.165, 1.54) is 24.4 Å². The van der Waals surface area contributed by atoms with E-state index in [-0.39, 0.29) is 25.1 Å². The lowest BCUT2D eigenvalue weighted by molar-refractivity contribution is -0.191. The standard InChI is InChI=1S/C19H30N5O10P.C8H10FN3O3S.C3H4O2.CO2/c1-12(2)33-18(25)28-9-31-35(27,32-10-29-19(26)34-13(3)4)11-30-14(5)6-24-8-23-15-16(20)21-7-22-17(15)24;9-4-1-12(8(14)11-7(4)10)5-3-16-6(2-13)15-5;1-2-3(4)5;2-1-3/h7-8,12-14H,6,9-11H2,1-5H3,(H2,20,21,22);1,5-6,13H,2-3H2,(H2,10,11,14);2H,1H2,(H,4,5);/t14-;5-,6+;;/m10../s1. The summed E-state index contributed by atoms with van der Waals surface area (Å²) in [4.78, 5) is 75.5. The highest BCUT2D eigenvalue weighted by molar-refractivity contribution is 8.00. The number of imidazole rings is 1. The van der Waals surface area contributed by atoms with Crippen LogP contribution >= 0.6 is 19.4 Å². The average molecular weight is 883 g/mol. The molecule has 0 amide bonds. The predicted molar refractivity (Wildman–Crippen MR) is 199 cm³/mol. The number of rotatable bonds is 16. The van der Waals surface area contributed by atoms with Gasteiger partial charge in [0.05, 0.1) is 44.0 Å². The number of carbonyl (C=O) groups excluding carboxylic acids is 4. The molecule has 3 aromatic heterocycles.